The molecule has 0 aliphatic rings. The Hall–Kier alpha value is -3.15. The molecular formula is C19H20N4O2. The Morgan fingerprint density at radius 1 is 1.00 bits per heavy atom. The quantitative estimate of drug-likeness (QED) is 0.693. The topological polar surface area (TPSA) is 93.9 Å². The molecule has 1 amide bonds. The van der Waals surface area contributed by atoms with Crippen LogP contribution in [0.25, 0.3) is 0 Å². The van der Waals surface area contributed by atoms with Gasteiger partial charge in [0.15, 0.2) is 5.82 Å². The Morgan fingerprint density at radius 3 is 2.48 bits per heavy atom. The molecule has 0 bridgehead atoms. The van der Waals surface area contributed by atoms with Crippen LogP contribution in [0.15, 0.2) is 54.6 Å². The molecule has 0 fully saturated rings. The third kappa shape index (κ3) is 5.17. The van der Waals surface area contributed by atoms with Gasteiger partial charge in [0.25, 0.3) is 0 Å². The van der Waals surface area contributed by atoms with Gasteiger partial charge in [0.2, 0.25) is 0 Å². The van der Waals surface area contributed by atoms with E-state index in [0.29, 0.717) is 12.2 Å². The predicted molar refractivity (Wildman–Crippen MR) is 94.3 cm³/mol. The van der Waals surface area contributed by atoms with E-state index in [-0.39, 0.29) is 0 Å². The summed E-state index contributed by atoms with van der Waals surface area (Å²) < 4.78 is 4.81. The van der Waals surface area contributed by atoms with Crippen LogP contribution in [-0.4, -0.2) is 21.3 Å². The first-order chi connectivity index (χ1) is 12.2. The second kappa shape index (κ2) is 8.10. The van der Waals surface area contributed by atoms with Gasteiger partial charge in [0.05, 0.1) is 0 Å². The summed E-state index contributed by atoms with van der Waals surface area (Å²) in [6.45, 7) is 0. The van der Waals surface area contributed by atoms with Crippen molar-refractivity contribution in [1.29, 1.82) is 0 Å². The number of nitrogens with one attached hydrogen (secondary N) is 1. The van der Waals surface area contributed by atoms with Crippen LogP contribution in [0.4, 0.5) is 4.79 Å². The zero-order chi connectivity index (χ0) is 17.5. The van der Waals surface area contributed by atoms with Crippen molar-refractivity contribution in [3.63, 3.8) is 0 Å². The highest BCUT2D eigenvalue weighted by Crippen LogP contribution is 2.14. The minimum absolute atomic E-state index is 0.426. The van der Waals surface area contributed by atoms with Crippen LogP contribution in [-0.2, 0) is 19.3 Å². The van der Waals surface area contributed by atoms with Crippen LogP contribution < -0.4 is 10.5 Å². The van der Waals surface area contributed by atoms with E-state index in [1.54, 1.807) is 12.1 Å². The molecule has 1 aromatic heterocycles. The number of nitrogens with zero attached hydrogens (tertiary/aromatic N) is 2. The first kappa shape index (κ1) is 16.7. The number of ether oxygens (including phenoxy) is 1. The molecule has 0 saturated carbocycles. The second-order valence-electron chi connectivity index (χ2n) is 5.78. The molecule has 0 unspecified atom stereocenters. The lowest BCUT2D eigenvalue weighted by molar-refractivity contribution is 0.211. The second-order valence-corrected chi connectivity index (χ2v) is 5.78. The Morgan fingerprint density at radius 2 is 1.76 bits per heavy atom. The van der Waals surface area contributed by atoms with Gasteiger partial charge in [-0.1, -0.05) is 42.5 Å². The number of aryl methyl sites for hydroxylation is 2. The molecule has 3 N–H and O–H groups in total. The molecule has 0 spiro atoms. The number of aromatic nitrogens is 3. The number of carbonyl (C=O) groups excluding carboxylic acids is 1. The average Bonchev–Trinajstić information content (AvgIpc) is 3.04. The van der Waals surface area contributed by atoms with E-state index in [9.17, 15) is 4.79 Å². The number of hydrogen-bond donors (Lipinski definition) is 2. The van der Waals surface area contributed by atoms with Gasteiger partial charge < -0.3 is 10.5 Å². The van der Waals surface area contributed by atoms with Gasteiger partial charge >= 0.3 is 6.09 Å². The molecule has 3 rings (SSSR count). The fraction of sp³-hybridized carbons (Fsp3) is 0.211. The summed E-state index contributed by atoms with van der Waals surface area (Å²) in [4.78, 5) is 15.2. The van der Waals surface area contributed by atoms with E-state index < -0.39 is 6.09 Å². The lowest BCUT2D eigenvalue weighted by atomic mass is 10.1. The molecule has 0 saturated heterocycles. The molecule has 0 aliphatic heterocycles. The molecule has 1 heterocycles. The summed E-state index contributed by atoms with van der Waals surface area (Å²) in [7, 11) is 0. The Bertz CT molecular complexity index is 813. The number of primary amides is 1. The fourth-order valence-electron chi connectivity index (χ4n) is 2.61. The van der Waals surface area contributed by atoms with Crippen LogP contribution in [0.5, 0.6) is 5.75 Å². The van der Waals surface area contributed by atoms with Crippen LogP contribution in [0.3, 0.4) is 0 Å². The standard InChI is InChI=1S/C19H20N4O2/c20-19(24)25-16-11-9-15(10-12-16)13-18-21-17(22-23-18)8-4-7-14-5-2-1-3-6-14/h1-3,5-6,9-12H,4,7-8,13H2,(H2,20,24)(H,21,22,23). The zero-order valence-corrected chi connectivity index (χ0v) is 13.8. The molecule has 6 nitrogen and oxygen atoms in total. The number of carbonyl (C=O) groups is 1. The van der Waals surface area contributed by atoms with Crippen LogP contribution >= 0.6 is 0 Å². The minimum atomic E-state index is -0.817. The van der Waals surface area contributed by atoms with Crippen molar-refractivity contribution >= 4 is 6.09 Å². The summed E-state index contributed by atoms with van der Waals surface area (Å²) in [5.41, 5.74) is 7.36. The number of H-pyrrole nitrogens is 1. The normalized spacial score (nSPS) is 10.6. The monoisotopic (exact) mass is 336 g/mol. The third-order valence-corrected chi connectivity index (χ3v) is 3.80. The highest BCUT2D eigenvalue weighted by molar-refractivity contribution is 5.68. The smallest absolute Gasteiger partial charge is 0.409 e. The van der Waals surface area contributed by atoms with E-state index in [2.05, 4.69) is 39.4 Å². The Kier molecular flexibility index (Phi) is 5.41. The van der Waals surface area contributed by atoms with Crippen LogP contribution in [0, 0.1) is 0 Å². The van der Waals surface area contributed by atoms with E-state index in [1.165, 1.54) is 5.56 Å². The van der Waals surface area contributed by atoms with E-state index in [4.69, 9.17) is 10.5 Å². The van der Waals surface area contributed by atoms with Gasteiger partial charge in [-0.3, -0.25) is 5.10 Å². The molecule has 2 aromatic carbocycles. The maximum Gasteiger partial charge on any atom is 0.409 e. The first-order valence-corrected chi connectivity index (χ1v) is 8.19. The number of hydrogen-bond acceptors (Lipinski definition) is 4. The van der Waals surface area contributed by atoms with Crippen molar-refractivity contribution in [3.05, 3.63) is 77.4 Å². The van der Waals surface area contributed by atoms with E-state index in [1.807, 2.05) is 18.2 Å². The summed E-state index contributed by atoms with van der Waals surface area (Å²) in [5, 5.41) is 7.26. The molecule has 0 aliphatic carbocycles. The Labute approximate surface area is 146 Å². The minimum Gasteiger partial charge on any atom is -0.411 e. The molecule has 6 heteroatoms. The van der Waals surface area contributed by atoms with Crippen LogP contribution in [0.2, 0.25) is 0 Å². The summed E-state index contributed by atoms with van der Waals surface area (Å²) in [6, 6.07) is 17.6. The largest absolute Gasteiger partial charge is 0.411 e. The van der Waals surface area contributed by atoms with Crippen molar-refractivity contribution in [2.45, 2.75) is 25.7 Å². The number of rotatable bonds is 7. The SMILES string of the molecule is NC(=O)Oc1ccc(Cc2nc(CCCc3ccccc3)n[nH]2)cc1. The average molecular weight is 336 g/mol. The van der Waals surface area contributed by atoms with Gasteiger partial charge in [-0.15, -0.1) is 0 Å². The van der Waals surface area contributed by atoms with Gasteiger partial charge in [-0.2, -0.15) is 5.10 Å². The summed E-state index contributed by atoms with van der Waals surface area (Å²) in [6.07, 6.45) is 2.70. The molecule has 0 radical (unpaired) electrons. The van der Waals surface area contributed by atoms with Crippen LogP contribution in [0.1, 0.15) is 29.2 Å². The maximum atomic E-state index is 10.7. The van der Waals surface area contributed by atoms with Crippen molar-refractivity contribution in [2.24, 2.45) is 5.73 Å². The summed E-state index contributed by atoms with van der Waals surface area (Å²) in [5.74, 6) is 2.08. The predicted octanol–water partition coefficient (Wildman–Crippen LogP) is 3.03. The lowest BCUT2D eigenvalue weighted by Gasteiger charge is -2.02. The van der Waals surface area contributed by atoms with E-state index >= 15 is 0 Å². The number of aromatic amines is 1. The van der Waals surface area contributed by atoms with Crippen molar-refractivity contribution in [3.8, 4) is 5.75 Å². The number of amides is 1. The van der Waals surface area contributed by atoms with Gasteiger partial charge in [0.1, 0.15) is 11.6 Å². The van der Waals surface area contributed by atoms with Gasteiger partial charge in [-0.05, 0) is 36.1 Å². The van der Waals surface area contributed by atoms with E-state index in [0.717, 1.165) is 36.5 Å². The summed E-state index contributed by atoms with van der Waals surface area (Å²) >= 11 is 0. The molecule has 0 atom stereocenters. The van der Waals surface area contributed by atoms with Gasteiger partial charge in [0, 0.05) is 12.8 Å². The fourth-order valence-corrected chi connectivity index (χ4v) is 2.61. The third-order valence-electron chi connectivity index (χ3n) is 3.80. The van der Waals surface area contributed by atoms with Crippen molar-refractivity contribution in [1.82, 2.24) is 15.2 Å². The number of benzene rings is 2. The molecular weight excluding hydrogens is 316 g/mol. The molecule has 25 heavy (non-hydrogen) atoms. The lowest BCUT2D eigenvalue weighted by Crippen LogP contribution is -2.16. The van der Waals surface area contributed by atoms with Crippen molar-refractivity contribution < 1.29 is 9.53 Å². The van der Waals surface area contributed by atoms with Gasteiger partial charge in [-0.25, -0.2) is 9.78 Å². The zero-order valence-electron chi connectivity index (χ0n) is 13.8. The highest BCUT2D eigenvalue weighted by Gasteiger charge is 2.06. The Balaban J connectivity index is 1.50. The van der Waals surface area contributed by atoms with Crippen molar-refractivity contribution in [2.75, 3.05) is 0 Å². The molecule has 128 valence electrons. The molecule has 3 aromatic rings. The first-order valence-electron chi connectivity index (χ1n) is 8.19. The highest BCUT2D eigenvalue weighted by atomic mass is 16.5. The maximum absolute atomic E-state index is 10.7. The number of nitrogens with two attached hydrogens (primary N) is 1.